The first-order valence-electron chi connectivity index (χ1n) is 8.81. The van der Waals surface area contributed by atoms with E-state index in [1.54, 1.807) is 24.0 Å². The fraction of sp³-hybridized carbons (Fsp3) is 0.556. The van der Waals surface area contributed by atoms with Crippen molar-refractivity contribution in [2.24, 2.45) is 11.8 Å². The summed E-state index contributed by atoms with van der Waals surface area (Å²) in [5.74, 6) is -2.15. The minimum Gasteiger partial charge on any atom is -0.481 e. The molecule has 3 rings (SSSR count). The number of rotatable bonds is 4. The van der Waals surface area contributed by atoms with Crippen LogP contribution in [0.1, 0.15) is 24.0 Å². The number of piperazine rings is 1. The molecular formula is C18H24N2O5S. The van der Waals surface area contributed by atoms with E-state index in [-0.39, 0.29) is 19.0 Å². The summed E-state index contributed by atoms with van der Waals surface area (Å²) in [6.07, 6.45) is 1.13. The van der Waals surface area contributed by atoms with Gasteiger partial charge in [0.2, 0.25) is 15.9 Å². The van der Waals surface area contributed by atoms with Gasteiger partial charge in [-0.25, -0.2) is 8.42 Å². The second-order valence-corrected chi connectivity index (χ2v) is 9.03. The molecule has 8 heteroatoms. The van der Waals surface area contributed by atoms with Crippen molar-refractivity contribution in [2.45, 2.75) is 31.6 Å². The van der Waals surface area contributed by atoms with Gasteiger partial charge in [0.15, 0.2) is 0 Å². The highest BCUT2D eigenvalue weighted by Crippen LogP contribution is 2.36. The smallest absolute Gasteiger partial charge is 0.307 e. The molecule has 1 amide bonds. The Kier molecular flexibility index (Phi) is 5.07. The highest BCUT2D eigenvalue weighted by atomic mass is 32.2. The maximum absolute atomic E-state index is 12.9. The van der Waals surface area contributed by atoms with Gasteiger partial charge in [-0.15, -0.1) is 0 Å². The summed E-state index contributed by atoms with van der Waals surface area (Å²) in [4.78, 5) is 25.5. The number of sulfonamides is 1. The number of carbonyl (C=O) groups excluding carboxylic acids is 1. The summed E-state index contributed by atoms with van der Waals surface area (Å²) in [6.45, 7) is 4.68. The molecule has 2 unspecified atom stereocenters. The Labute approximate surface area is 153 Å². The quantitative estimate of drug-likeness (QED) is 0.848. The molecule has 1 aliphatic carbocycles. The monoisotopic (exact) mass is 380 g/mol. The van der Waals surface area contributed by atoms with Gasteiger partial charge in [0.1, 0.15) is 0 Å². The lowest BCUT2D eigenvalue weighted by Gasteiger charge is -2.40. The van der Waals surface area contributed by atoms with E-state index < -0.39 is 27.8 Å². The molecule has 0 bridgehead atoms. The van der Waals surface area contributed by atoms with Gasteiger partial charge >= 0.3 is 5.97 Å². The van der Waals surface area contributed by atoms with Crippen LogP contribution in [0.15, 0.2) is 23.1 Å². The normalized spacial score (nSPS) is 24.2. The van der Waals surface area contributed by atoms with E-state index in [4.69, 9.17) is 5.11 Å². The van der Waals surface area contributed by atoms with E-state index in [1.807, 2.05) is 13.0 Å². The molecule has 0 aromatic heterocycles. The summed E-state index contributed by atoms with van der Waals surface area (Å²) >= 11 is 0. The first-order chi connectivity index (χ1) is 12.2. The standard InChI is InChI=1S/C18H24N2O5S/c1-12-3-4-13(2)16(11-12)26(24,25)20-9-7-19(8-10-20)17(21)14-5-6-15(14)18(22)23/h3-4,11,14-15H,5-10H2,1-2H3,(H,22,23). The first kappa shape index (κ1) is 18.8. The zero-order chi connectivity index (χ0) is 19.1. The highest BCUT2D eigenvalue weighted by molar-refractivity contribution is 7.89. The van der Waals surface area contributed by atoms with Crippen LogP contribution in [0.3, 0.4) is 0 Å². The number of carbonyl (C=O) groups is 2. The van der Waals surface area contributed by atoms with Gasteiger partial charge in [0, 0.05) is 26.2 Å². The molecule has 1 saturated heterocycles. The van der Waals surface area contributed by atoms with Crippen molar-refractivity contribution in [1.29, 1.82) is 0 Å². The van der Waals surface area contributed by atoms with Gasteiger partial charge < -0.3 is 10.0 Å². The van der Waals surface area contributed by atoms with Crippen LogP contribution in [0.25, 0.3) is 0 Å². The van der Waals surface area contributed by atoms with Gasteiger partial charge in [-0.3, -0.25) is 9.59 Å². The number of hydrogen-bond acceptors (Lipinski definition) is 4. The average molecular weight is 380 g/mol. The summed E-state index contributed by atoms with van der Waals surface area (Å²) < 4.78 is 27.3. The molecule has 0 spiro atoms. The third-order valence-electron chi connectivity index (χ3n) is 5.42. The van der Waals surface area contributed by atoms with Crippen molar-refractivity contribution in [3.8, 4) is 0 Å². The van der Waals surface area contributed by atoms with Crippen LogP contribution in [0, 0.1) is 25.7 Å². The van der Waals surface area contributed by atoms with Gasteiger partial charge in [-0.1, -0.05) is 12.1 Å². The van der Waals surface area contributed by atoms with Gasteiger partial charge in [-0.2, -0.15) is 4.31 Å². The first-order valence-corrected chi connectivity index (χ1v) is 10.2. The van der Waals surface area contributed by atoms with Crippen molar-refractivity contribution in [1.82, 2.24) is 9.21 Å². The van der Waals surface area contributed by atoms with E-state index in [1.165, 1.54) is 4.31 Å². The van der Waals surface area contributed by atoms with Crippen LogP contribution in [-0.4, -0.2) is 60.8 Å². The molecule has 2 aliphatic rings. The fourth-order valence-electron chi connectivity index (χ4n) is 3.60. The Morgan fingerprint density at radius 2 is 1.65 bits per heavy atom. The van der Waals surface area contributed by atoms with Crippen LogP contribution in [0.4, 0.5) is 0 Å². The lowest BCUT2D eigenvalue weighted by Crippen LogP contribution is -2.54. The summed E-state index contributed by atoms with van der Waals surface area (Å²) in [6, 6.07) is 5.35. The predicted octanol–water partition coefficient (Wildman–Crippen LogP) is 1.25. The Morgan fingerprint density at radius 1 is 1.04 bits per heavy atom. The molecule has 1 heterocycles. The number of carboxylic acids is 1. The molecule has 142 valence electrons. The summed E-state index contributed by atoms with van der Waals surface area (Å²) in [5.41, 5.74) is 1.58. The molecule has 1 aromatic rings. The van der Waals surface area contributed by atoms with Gasteiger partial charge in [0.25, 0.3) is 0 Å². The zero-order valence-electron chi connectivity index (χ0n) is 15.0. The Morgan fingerprint density at radius 3 is 2.19 bits per heavy atom. The number of nitrogens with zero attached hydrogens (tertiary/aromatic N) is 2. The topological polar surface area (TPSA) is 95.0 Å². The fourth-order valence-corrected chi connectivity index (χ4v) is 5.33. The second kappa shape index (κ2) is 7.00. The lowest BCUT2D eigenvalue weighted by molar-refractivity contribution is -0.157. The number of aliphatic carboxylic acids is 1. The zero-order valence-corrected chi connectivity index (χ0v) is 15.8. The number of aryl methyl sites for hydroxylation is 2. The van der Waals surface area contributed by atoms with Crippen LogP contribution in [0.2, 0.25) is 0 Å². The van der Waals surface area contributed by atoms with Crippen LogP contribution >= 0.6 is 0 Å². The van der Waals surface area contributed by atoms with Crippen molar-refractivity contribution in [3.05, 3.63) is 29.3 Å². The highest BCUT2D eigenvalue weighted by Gasteiger charge is 2.44. The maximum Gasteiger partial charge on any atom is 0.307 e. The van der Waals surface area contributed by atoms with Crippen LogP contribution < -0.4 is 0 Å². The third kappa shape index (κ3) is 3.35. The molecular weight excluding hydrogens is 356 g/mol. The molecule has 1 N–H and O–H groups in total. The number of amides is 1. The van der Waals surface area contributed by atoms with E-state index >= 15 is 0 Å². The van der Waals surface area contributed by atoms with Crippen molar-refractivity contribution >= 4 is 21.9 Å². The van der Waals surface area contributed by atoms with E-state index in [0.29, 0.717) is 36.4 Å². The molecule has 2 fully saturated rings. The molecule has 0 radical (unpaired) electrons. The van der Waals surface area contributed by atoms with Crippen molar-refractivity contribution in [3.63, 3.8) is 0 Å². The largest absolute Gasteiger partial charge is 0.481 e. The Hall–Kier alpha value is -1.93. The van der Waals surface area contributed by atoms with E-state index in [2.05, 4.69) is 0 Å². The molecule has 7 nitrogen and oxygen atoms in total. The minimum atomic E-state index is -3.60. The summed E-state index contributed by atoms with van der Waals surface area (Å²) in [7, 11) is -3.60. The molecule has 26 heavy (non-hydrogen) atoms. The molecule has 1 aromatic carbocycles. The third-order valence-corrected chi connectivity index (χ3v) is 7.46. The minimum absolute atomic E-state index is 0.160. The predicted molar refractivity (Wildman–Crippen MR) is 95.1 cm³/mol. The maximum atomic E-state index is 12.9. The SMILES string of the molecule is Cc1ccc(C)c(S(=O)(=O)N2CCN(C(=O)C3CCC3C(=O)O)CC2)c1. The lowest BCUT2D eigenvalue weighted by atomic mass is 9.73. The number of hydrogen-bond donors (Lipinski definition) is 1. The van der Waals surface area contributed by atoms with Crippen molar-refractivity contribution < 1.29 is 23.1 Å². The van der Waals surface area contributed by atoms with Crippen molar-refractivity contribution in [2.75, 3.05) is 26.2 Å². The van der Waals surface area contributed by atoms with Gasteiger partial charge in [-0.05, 0) is 43.9 Å². The van der Waals surface area contributed by atoms with Crippen LogP contribution in [-0.2, 0) is 19.6 Å². The molecule has 2 atom stereocenters. The Balaban J connectivity index is 1.67. The average Bonchev–Trinajstić information content (AvgIpc) is 2.55. The van der Waals surface area contributed by atoms with E-state index in [9.17, 15) is 18.0 Å². The molecule has 1 saturated carbocycles. The Bertz CT molecular complexity index is 828. The molecule has 1 aliphatic heterocycles. The van der Waals surface area contributed by atoms with Crippen LogP contribution in [0.5, 0.6) is 0 Å². The van der Waals surface area contributed by atoms with Gasteiger partial charge in [0.05, 0.1) is 16.7 Å². The number of carboxylic acid groups (broad SMARTS) is 1. The van der Waals surface area contributed by atoms with E-state index in [0.717, 1.165) is 5.56 Å². The second-order valence-electron chi connectivity index (χ2n) is 7.13. The summed E-state index contributed by atoms with van der Waals surface area (Å²) in [5, 5.41) is 9.12. The number of benzene rings is 1.